The Kier molecular flexibility index (Phi) is 6.55. The molecule has 0 spiro atoms. The van der Waals surface area contributed by atoms with E-state index in [0.717, 1.165) is 24.2 Å². The monoisotopic (exact) mass is 321 g/mol. The van der Waals surface area contributed by atoms with Gasteiger partial charge in [-0.05, 0) is 49.6 Å². The van der Waals surface area contributed by atoms with Gasteiger partial charge in [-0.2, -0.15) is 11.8 Å². The zero-order chi connectivity index (χ0) is 15.9. The van der Waals surface area contributed by atoms with Gasteiger partial charge in [0.1, 0.15) is 0 Å². The molecule has 4 nitrogen and oxygen atoms in total. The molecule has 1 saturated carbocycles. The summed E-state index contributed by atoms with van der Waals surface area (Å²) in [5, 5.41) is 3.92. The van der Waals surface area contributed by atoms with Crippen LogP contribution in [0.3, 0.4) is 0 Å². The second-order valence-electron chi connectivity index (χ2n) is 5.96. The lowest BCUT2D eigenvalue weighted by Crippen LogP contribution is -2.46. The van der Waals surface area contributed by atoms with Gasteiger partial charge in [-0.15, -0.1) is 0 Å². The third kappa shape index (κ3) is 4.63. The zero-order valence-electron chi connectivity index (χ0n) is 13.8. The minimum Gasteiger partial charge on any atom is -0.335 e. The molecule has 1 aromatic heterocycles. The molecule has 0 unspecified atom stereocenters. The molecule has 2 rings (SSSR count). The molecule has 0 aromatic carbocycles. The molecule has 0 bridgehead atoms. The molecule has 1 aliphatic carbocycles. The molecule has 0 aliphatic heterocycles. The first-order valence-corrected chi connectivity index (χ1v) is 9.21. The SMILES string of the molecule is CCS[C@@H]1CCC[C@H](NC(=O)N(C)[C@@H](C)c2ccncc2)C1. The number of aromatic nitrogens is 1. The van der Waals surface area contributed by atoms with Crippen molar-refractivity contribution in [3.05, 3.63) is 30.1 Å². The van der Waals surface area contributed by atoms with E-state index < -0.39 is 0 Å². The van der Waals surface area contributed by atoms with E-state index in [-0.39, 0.29) is 12.1 Å². The average molecular weight is 321 g/mol. The summed E-state index contributed by atoms with van der Waals surface area (Å²) in [6.07, 6.45) is 8.24. The minimum absolute atomic E-state index is 0.0245. The van der Waals surface area contributed by atoms with Crippen molar-refractivity contribution in [1.82, 2.24) is 15.2 Å². The summed E-state index contributed by atoms with van der Waals surface area (Å²) in [6, 6.07) is 4.31. The van der Waals surface area contributed by atoms with Crippen molar-refractivity contribution in [3.63, 3.8) is 0 Å². The molecular weight excluding hydrogens is 294 g/mol. The van der Waals surface area contributed by atoms with E-state index in [4.69, 9.17) is 0 Å². The van der Waals surface area contributed by atoms with Crippen LogP contribution in [0.25, 0.3) is 0 Å². The fourth-order valence-corrected chi connectivity index (χ4v) is 4.15. The van der Waals surface area contributed by atoms with Gasteiger partial charge in [0.25, 0.3) is 0 Å². The molecule has 1 fully saturated rings. The number of pyridine rings is 1. The molecule has 1 aliphatic rings. The number of hydrogen-bond acceptors (Lipinski definition) is 3. The molecule has 3 atom stereocenters. The van der Waals surface area contributed by atoms with E-state index in [1.54, 1.807) is 17.3 Å². The van der Waals surface area contributed by atoms with Gasteiger partial charge in [0.15, 0.2) is 0 Å². The van der Waals surface area contributed by atoms with E-state index in [1.807, 2.05) is 37.9 Å². The van der Waals surface area contributed by atoms with Crippen molar-refractivity contribution in [1.29, 1.82) is 0 Å². The highest BCUT2D eigenvalue weighted by molar-refractivity contribution is 7.99. The van der Waals surface area contributed by atoms with E-state index in [0.29, 0.717) is 11.3 Å². The Morgan fingerprint density at radius 3 is 2.86 bits per heavy atom. The lowest BCUT2D eigenvalue weighted by molar-refractivity contribution is 0.187. The molecular formula is C17H27N3OS. The van der Waals surface area contributed by atoms with Crippen LogP contribution < -0.4 is 5.32 Å². The first kappa shape index (κ1) is 17.1. The summed E-state index contributed by atoms with van der Waals surface area (Å²) in [6.45, 7) is 4.25. The van der Waals surface area contributed by atoms with Crippen molar-refractivity contribution in [2.75, 3.05) is 12.8 Å². The molecule has 5 heteroatoms. The molecule has 1 N–H and O–H groups in total. The van der Waals surface area contributed by atoms with Gasteiger partial charge >= 0.3 is 6.03 Å². The van der Waals surface area contributed by atoms with E-state index in [1.165, 1.54) is 12.8 Å². The van der Waals surface area contributed by atoms with Crippen LogP contribution in [-0.2, 0) is 0 Å². The van der Waals surface area contributed by atoms with Crippen molar-refractivity contribution >= 4 is 17.8 Å². The molecule has 122 valence electrons. The Hall–Kier alpha value is -1.23. The Bertz CT molecular complexity index is 466. The number of nitrogens with one attached hydrogen (secondary N) is 1. The van der Waals surface area contributed by atoms with Gasteiger partial charge in [0, 0.05) is 30.7 Å². The van der Waals surface area contributed by atoms with Gasteiger partial charge in [-0.1, -0.05) is 13.3 Å². The second-order valence-corrected chi connectivity index (χ2v) is 7.54. The Morgan fingerprint density at radius 1 is 1.45 bits per heavy atom. The number of carbonyl (C=O) groups excluding carboxylic acids is 1. The summed E-state index contributed by atoms with van der Waals surface area (Å²) < 4.78 is 0. The van der Waals surface area contributed by atoms with Crippen molar-refractivity contribution in [2.45, 2.75) is 56.9 Å². The Labute approximate surface area is 138 Å². The van der Waals surface area contributed by atoms with Crippen molar-refractivity contribution < 1.29 is 4.79 Å². The topological polar surface area (TPSA) is 45.2 Å². The van der Waals surface area contributed by atoms with Gasteiger partial charge in [0.2, 0.25) is 0 Å². The molecule has 2 amide bonds. The standard InChI is InChI=1S/C17H27N3OS/c1-4-22-16-7-5-6-15(12-16)19-17(21)20(3)13(2)14-8-10-18-11-9-14/h8-11,13,15-16H,4-7,12H2,1-3H3,(H,19,21)/t13-,15-,16+/m0/s1. The van der Waals surface area contributed by atoms with E-state index in [2.05, 4.69) is 17.2 Å². The number of amides is 2. The van der Waals surface area contributed by atoms with Crippen LogP contribution in [0.2, 0.25) is 0 Å². The zero-order valence-corrected chi connectivity index (χ0v) is 14.6. The smallest absolute Gasteiger partial charge is 0.317 e. The highest BCUT2D eigenvalue weighted by Gasteiger charge is 2.25. The summed E-state index contributed by atoms with van der Waals surface area (Å²) in [5.41, 5.74) is 1.11. The lowest BCUT2D eigenvalue weighted by Gasteiger charge is -2.32. The van der Waals surface area contributed by atoms with Crippen LogP contribution in [0.5, 0.6) is 0 Å². The maximum atomic E-state index is 12.5. The number of rotatable bonds is 5. The lowest BCUT2D eigenvalue weighted by atomic mass is 9.95. The number of hydrogen-bond donors (Lipinski definition) is 1. The largest absolute Gasteiger partial charge is 0.335 e. The van der Waals surface area contributed by atoms with Gasteiger partial charge < -0.3 is 10.2 Å². The van der Waals surface area contributed by atoms with Crippen molar-refractivity contribution in [3.8, 4) is 0 Å². The van der Waals surface area contributed by atoms with E-state index >= 15 is 0 Å². The predicted octanol–water partition coefficient (Wildman–Crippen LogP) is 3.85. The number of urea groups is 1. The Balaban J connectivity index is 1.88. The van der Waals surface area contributed by atoms with Gasteiger partial charge in [0.05, 0.1) is 6.04 Å². The molecule has 22 heavy (non-hydrogen) atoms. The van der Waals surface area contributed by atoms with Crippen LogP contribution in [-0.4, -0.2) is 40.0 Å². The number of carbonyl (C=O) groups is 1. The quantitative estimate of drug-likeness (QED) is 0.896. The highest BCUT2D eigenvalue weighted by Crippen LogP contribution is 2.28. The second kappa shape index (κ2) is 8.42. The Morgan fingerprint density at radius 2 is 2.18 bits per heavy atom. The number of thioether (sulfide) groups is 1. The van der Waals surface area contributed by atoms with E-state index in [9.17, 15) is 4.79 Å². The fourth-order valence-electron chi connectivity index (χ4n) is 2.98. The first-order valence-electron chi connectivity index (χ1n) is 8.16. The normalized spacial score (nSPS) is 22.9. The third-order valence-corrected chi connectivity index (χ3v) is 5.68. The fraction of sp³-hybridized carbons (Fsp3) is 0.647. The molecule has 0 radical (unpaired) electrons. The summed E-state index contributed by atoms with van der Waals surface area (Å²) in [5.74, 6) is 1.16. The van der Waals surface area contributed by atoms with Gasteiger partial charge in [-0.25, -0.2) is 4.79 Å². The molecule has 0 saturated heterocycles. The predicted molar refractivity (Wildman–Crippen MR) is 93.1 cm³/mol. The molecule has 1 heterocycles. The maximum Gasteiger partial charge on any atom is 0.317 e. The average Bonchev–Trinajstić information content (AvgIpc) is 2.55. The van der Waals surface area contributed by atoms with Crippen LogP contribution in [0, 0.1) is 0 Å². The summed E-state index contributed by atoms with van der Waals surface area (Å²) >= 11 is 2.02. The summed E-state index contributed by atoms with van der Waals surface area (Å²) in [4.78, 5) is 18.3. The number of nitrogens with zero attached hydrogens (tertiary/aromatic N) is 2. The minimum atomic E-state index is 0.0245. The van der Waals surface area contributed by atoms with Crippen LogP contribution in [0.1, 0.15) is 51.1 Å². The van der Waals surface area contributed by atoms with Gasteiger partial charge in [-0.3, -0.25) is 4.98 Å². The third-order valence-electron chi connectivity index (χ3n) is 4.45. The van der Waals surface area contributed by atoms with Crippen LogP contribution >= 0.6 is 11.8 Å². The first-order chi connectivity index (χ1) is 10.6. The molecule has 1 aromatic rings. The maximum absolute atomic E-state index is 12.5. The van der Waals surface area contributed by atoms with Crippen LogP contribution in [0.4, 0.5) is 4.79 Å². The summed E-state index contributed by atoms with van der Waals surface area (Å²) in [7, 11) is 1.86. The highest BCUT2D eigenvalue weighted by atomic mass is 32.2. The van der Waals surface area contributed by atoms with Crippen LogP contribution in [0.15, 0.2) is 24.5 Å². The van der Waals surface area contributed by atoms with Crippen molar-refractivity contribution in [2.24, 2.45) is 0 Å².